The molecule has 0 fully saturated rings. The summed E-state index contributed by atoms with van der Waals surface area (Å²) >= 11 is 0. The molecule has 30 heavy (non-hydrogen) atoms. The number of phenolic OH excluding ortho intramolecular Hbond substituents is 1. The summed E-state index contributed by atoms with van der Waals surface area (Å²) in [6, 6.07) is 9.81. The molecule has 158 valence electrons. The summed E-state index contributed by atoms with van der Waals surface area (Å²) in [5.74, 6) is -0.125. The van der Waals surface area contributed by atoms with E-state index in [9.17, 15) is 26.5 Å². The first-order valence-electron chi connectivity index (χ1n) is 8.45. The highest BCUT2D eigenvalue weighted by Crippen LogP contribution is 2.39. The maximum Gasteiger partial charge on any atom is 0.294 e. The van der Waals surface area contributed by atoms with Crippen LogP contribution in [0.2, 0.25) is 0 Å². The van der Waals surface area contributed by atoms with Gasteiger partial charge in [-0.05, 0) is 42.1 Å². The number of ether oxygens (including phenoxy) is 1. The molecule has 2 N–H and O–H groups in total. The first-order chi connectivity index (χ1) is 13.9. The number of aryl methyl sites for hydroxylation is 1. The lowest BCUT2D eigenvalue weighted by Crippen LogP contribution is -2.01. The van der Waals surface area contributed by atoms with E-state index in [1.807, 2.05) is 0 Å². The number of methoxy groups -OCH3 is 1. The molecule has 0 saturated heterocycles. The van der Waals surface area contributed by atoms with Crippen LogP contribution in [0.1, 0.15) is 5.56 Å². The lowest BCUT2D eigenvalue weighted by Gasteiger charge is -2.09. The van der Waals surface area contributed by atoms with Crippen molar-refractivity contribution in [3.8, 4) is 11.5 Å². The van der Waals surface area contributed by atoms with E-state index in [0.29, 0.717) is 10.8 Å². The molecule has 0 aliphatic carbocycles. The van der Waals surface area contributed by atoms with Gasteiger partial charge in [-0.15, -0.1) is 10.2 Å². The molecule has 0 saturated carbocycles. The van der Waals surface area contributed by atoms with Crippen molar-refractivity contribution in [2.24, 2.45) is 10.2 Å². The Labute approximate surface area is 173 Å². The average molecular weight is 450 g/mol. The number of azo groups is 1. The standard InChI is InChI=1S/C19H18N2O7S2/c1-11-8-15(17(28-2)10-18(11)30(25,26)27)20-21-19-14-6-5-13(29(3,23)24)9-12(14)4-7-16(19)22/h4-10,22H,1-3H3,(H,25,26,27)/b21-20+. The largest absolute Gasteiger partial charge is 0.506 e. The Morgan fingerprint density at radius 1 is 0.967 bits per heavy atom. The second-order valence-electron chi connectivity index (χ2n) is 6.55. The normalized spacial score (nSPS) is 12.5. The monoisotopic (exact) mass is 450 g/mol. The SMILES string of the molecule is COc1cc(S(=O)(=O)O)c(C)cc1/N=N/c1c(O)ccc2cc(S(C)(=O)=O)ccc12. The van der Waals surface area contributed by atoms with Crippen LogP contribution in [0.15, 0.2) is 62.5 Å². The van der Waals surface area contributed by atoms with Crippen LogP contribution in [0.4, 0.5) is 11.4 Å². The molecule has 0 heterocycles. The van der Waals surface area contributed by atoms with Crippen LogP contribution < -0.4 is 4.74 Å². The molecule has 0 unspecified atom stereocenters. The number of benzene rings is 3. The van der Waals surface area contributed by atoms with Gasteiger partial charge < -0.3 is 9.84 Å². The van der Waals surface area contributed by atoms with Crippen LogP contribution in [0.5, 0.6) is 11.5 Å². The zero-order valence-electron chi connectivity index (χ0n) is 16.2. The third-order valence-electron chi connectivity index (χ3n) is 4.38. The third-order valence-corrected chi connectivity index (χ3v) is 6.49. The van der Waals surface area contributed by atoms with Gasteiger partial charge in [0.05, 0.1) is 12.0 Å². The van der Waals surface area contributed by atoms with Crippen molar-refractivity contribution in [2.45, 2.75) is 16.7 Å². The fourth-order valence-electron chi connectivity index (χ4n) is 2.89. The molecule has 0 aliphatic heterocycles. The summed E-state index contributed by atoms with van der Waals surface area (Å²) in [6.45, 7) is 1.48. The quantitative estimate of drug-likeness (QED) is 0.443. The molecule has 0 radical (unpaired) electrons. The third kappa shape index (κ3) is 4.27. The number of hydrogen-bond donors (Lipinski definition) is 2. The van der Waals surface area contributed by atoms with Crippen LogP contribution in [0.3, 0.4) is 0 Å². The maximum absolute atomic E-state index is 11.8. The molecule has 0 aromatic heterocycles. The van der Waals surface area contributed by atoms with Crippen LogP contribution in [0, 0.1) is 6.92 Å². The molecule has 0 atom stereocenters. The smallest absolute Gasteiger partial charge is 0.294 e. The van der Waals surface area contributed by atoms with Crippen LogP contribution >= 0.6 is 0 Å². The lowest BCUT2D eigenvalue weighted by molar-refractivity contribution is 0.413. The van der Waals surface area contributed by atoms with Gasteiger partial charge in [0.1, 0.15) is 27.8 Å². The Morgan fingerprint density at radius 3 is 2.27 bits per heavy atom. The summed E-state index contributed by atoms with van der Waals surface area (Å²) < 4.78 is 60.9. The first-order valence-corrected chi connectivity index (χ1v) is 11.8. The number of nitrogens with zero attached hydrogens (tertiary/aromatic N) is 2. The van der Waals surface area contributed by atoms with Gasteiger partial charge in [0.2, 0.25) is 0 Å². The number of rotatable bonds is 5. The summed E-state index contributed by atoms with van der Waals surface area (Å²) in [4.78, 5) is -0.193. The van der Waals surface area contributed by atoms with Crippen molar-refractivity contribution in [3.05, 3.63) is 48.0 Å². The van der Waals surface area contributed by atoms with Crippen molar-refractivity contribution in [3.63, 3.8) is 0 Å². The van der Waals surface area contributed by atoms with Crippen molar-refractivity contribution in [1.29, 1.82) is 0 Å². The van der Waals surface area contributed by atoms with E-state index in [-0.39, 0.29) is 38.2 Å². The van der Waals surface area contributed by atoms with E-state index in [1.165, 1.54) is 44.4 Å². The number of fused-ring (bicyclic) bond motifs is 1. The van der Waals surface area contributed by atoms with E-state index in [2.05, 4.69) is 10.2 Å². The molecule has 3 rings (SSSR count). The predicted octanol–water partition coefficient (Wildman–Crippen LogP) is 3.93. The Kier molecular flexibility index (Phi) is 5.54. The van der Waals surface area contributed by atoms with E-state index in [0.717, 1.165) is 12.3 Å². The summed E-state index contributed by atoms with van der Waals surface area (Å²) in [7, 11) is -6.54. The number of hydrogen-bond acceptors (Lipinski definition) is 8. The van der Waals surface area contributed by atoms with Crippen molar-refractivity contribution >= 4 is 42.1 Å². The van der Waals surface area contributed by atoms with Gasteiger partial charge in [0, 0.05) is 17.7 Å². The summed E-state index contributed by atoms with van der Waals surface area (Å²) in [5, 5.41) is 19.4. The minimum absolute atomic E-state index is 0.0519. The second kappa shape index (κ2) is 7.67. The highest BCUT2D eigenvalue weighted by Gasteiger charge is 2.18. The van der Waals surface area contributed by atoms with Gasteiger partial charge in [-0.2, -0.15) is 8.42 Å². The molecule has 0 spiro atoms. The second-order valence-corrected chi connectivity index (χ2v) is 9.96. The Hall–Kier alpha value is -3.02. The topological polar surface area (TPSA) is 143 Å². The van der Waals surface area contributed by atoms with Gasteiger partial charge in [-0.3, -0.25) is 4.55 Å². The summed E-state index contributed by atoms with van der Waals surface area (Å²) in [6.07, 6.45) is 1.10. The minimum Gasteiger partial charge on any atom is -0.506 e. The van der Waals surface area contributed by atoms with Crippen molar-refractivity contribution in [2.75, 3.05) is 13.4 Å². The van der Waals surface area contributed by atoms with Gasteiger partial charge >= 0.3 is 0 Å². The van der Waals surface area contributed by atoms with Crippen molar-refractivity contribution in [1.82, 2.24) is 0 Å². The molecule has 3 aromatic rings. The van der Waals surface area contributed by atoms with Crippen molar-refractivity contribution < 1.29 is 31.2 Å². The first kappa shape index (κ1) is 21.7. The van der Waals surface area contributed by atoms with Crippen LogP contribution in [-0.2, 0) is 20.0 Å². The minimum atomic E-state index is -4.44. The van der Waals surface area contributed by atoms with E-state index in [1.54, 1.807) is 6.07 Å². The molecule has 11 heteroatoms. The molecule has 9 nitrogen and oxygen atoms in total. The lowest BCUT2D eigenvalue weighted by atomic mass is 10.1. The van der Waals surface area contributed by atoms with Gasteiger partial charge in [0.25, 0.3) is 10.1 Å². The zero-order valence-corrected chi connectivity index (χ0v) is 17.8. The highest BCUT2D eigenvalue weighted by molar-refractivity contribution is 7.90. The van der Waals surface area contributed by atoms with Crippen LogP contribution in [-0.4, -0.2) is 39.9 Å². The molecular weight excluding hydrogens is 432 g/mol. The zero-order chi connectivity index (χ0) is 22.3. The van der Waals surface area contributed by atoms with Gasteiger partial charge in [-0.25, -0.2) is 8.42 Å². The molecular formula is C19H18N2O7S2. The number of phenols is 1. The molecule has 0 aliphatic rings. The highest BCUT2D eigenvalue weighted by atomic mass is 32.2. The van der Waals surface area contributed by atoms with E-state index in [4.69, 9.17) is 4.74 Å². The Balaban J connectivity index is 2.14. The van der Waals surface area contributed by atoms with Gasteiger partial charge in [-0.1, -0.05) is 12.1 Å². The predicted molar refractivity (Wildman–Crippen MR) is 110 cm³/mol. The number of aromatic hydroxyl groups is 1. The average Bonchev–Trinajstić information content (AvgIpc) is 2.65. The Morgan fingerprint density at radius 2 is 1.67 bits per heavy atom. The Bertz CT molecular complexity index is 1400. The van der Waals surface area contributed by atoms with E-state index >= 15 is 0 Å². The fraction of sp³-hybridized carbons (Fsp3) is 0.158. The maximum atomic E-state index is 11.8. The summed E-state index contributed by atoms with van der Waals surface area (Å²) in [5.41, 5.74) is 0.504. The molecule has 0 amide bonds. The number of sulfone groups is 1. The van der Waals surface area contributed by atoms with Gasteiger partial charge in [0.15, 0.2) is 9.84 Å². The molecule has 0 bridgehead atoms. The van der Waals surface area contributed by atoms with E-state index < -0.39 is 20.0 Å². The fourth-order valence-corrected chi connectivity index (χ4v) is 4.27. The molecule has 3 aromatic carbocycles. The van der Waals surface area contributed by atoms with Crippen LogP contribution in [0.25, 0.3) is 10.8 Å².